The summed E-state index contributed by atoms with van der Waals surface area (Å²) >= 11 is 1.86. The SMILES string of the molecule is CSCCN(C)c1cc(N2CCCC2)ncn1. The summed E-state index contributed by atoms with van der Waals surface area (Å²) in [5, 5.41) is 0. The number of anilines is 2. The standard InChI is InChI=1S/C12H20N4S/c1-15(7-8-17-2)11-9-12(14-10-13-11)16-5-3-4-6-16/h9-10H,3-8H2,1-2H3. The second-order valence-corrected chi connectivity index (χ2v) is 5.33. The van der Waals surface area contributed by atoms with Gasteiger partial charge in [0.15, 0.2) is 0 Å². The molecule has 0 bridgehead atoms. The largest absolute Gasteiger partial charge is 0.359 e. The molecule has 2 heterocycles. The highest BCUT2D eigenvalue weighted by Gasteiger charge is 2.14. The fourth-order valence-electron chi connectivity index (χ4n) is 2.01. The lowest BCUT2D eigenvalue weighted by Crippen LogP contribution is -2.23. The number of hydrogen-bond acceptors (Lipinski definition) is 5. The normalized spacial score (nSPS) is 15.3. The number of rotatable bonds is 5. The van der Waals surface area contributed by atoms with E-state index in [0.717, 1.165) is 37.0 Å². The van der Waals surface area contributed by atoms with Crippen LogP contribution in [-0.4, -0.2) is 48.7 Å². The van der Waals surface area contributed by atoms with E-state index in [0.29, 0.717) is 0 Å². The predicted octanol–water partition coefficient (Wildman–Crippen LogP) is 1.88. The quantitative estimate of drug-likeness (QED) is 0.799. The Morgan fingerprint density at radius 3 is 2.82 bits per heavy atom. The zero-order chi connectivity index (χ0) is 12.1. The summed E-state index contributed by atoms with van der Waals surface area (Å²) in [6.45, 7) is 3.29. The molecule has 0 saturated carbocycles. The molecule has 0 unspecified atom stereocenters. The van der Waals surface area contributed by atoms with E-state index in [4.69, 9.17) is 0 Å². The van der Waals surface area contributed by atoms with E-state index in [1.807, 2.05) is 11.8 Å². The third-order valence-corrected chi connectivity index (χ3v) is 3.68. The van der Waals surface area contributed by atoms with Crippen LogP contribution in [0.25, 0.3) is 0 Å². The van der Waals surface area contributed by atoms with Crippen LogP contribution in [-0.2, 0) is 0 Å². The number of hydrogen-bond donors (Lipinski definition) is 0. The van der Waals surface area contributed by atoms with Crippen LogP contribution in [0.4, 0.5) is 11.6 Å². The van der Waals surface area contributed by atoms with Gasteiger partial charge >= 0.3 is 0 Å². The zero-order valence-corrected chi connectivity index (χ0v) is 11.4. The molecule has 1 saturated heterocycles. The highest BCUT2D eigenvalue weighted by atomic mass is 32.2. The van der Waals surface area contributed by atoms with Gasteiger partial charge in [0, 0.05) is 38.5 Å². The molecule has 5 heteroatoms. The van der Waals surface area contributed by atoms with Gasteiger partial charge in [-0.25, -0.2) is 9.97 Å². The van der Waals surface area contributed by atoms with Crippen molar-refractivity contribution in [3.63, 3.8) is 0 Å². The Bertz CT molecular complexity index is 352. The van der Waals surface area contributed by atoms with Crippen LogP contribution < -0.4 is 9.80 Å². The van der Waals surface area contributed by atoms with Gasteiger partial charge in [-0.1, -0.05) is 0 Å². The summed E-state index contributed by atoms with van der Waals surface area (Å²) in [6, 6.07) is 2.10. The molecule has 1 aromatic heterocycles. The highest BCUT2D eigenvalue weighted by Crippen LogP contribution is 2.20. The molecule has 17 heavy (non-hydrogen) atoms. The lowest BCUT2D eigenvalue weighted by Gasteiger charge is -2.21. The molecule has 0 aliphatic carbocycles. The Kier molecular flexibility index (Phi) is 4.48. The fourth-order valence-corrected chi connectivity index (χ4v) is 2.46. The summed E-state index contributed by atoms with van der Waals surface area (Å²) in [4.78, 5) is 13.2. The van der Waals surface area contributed by atoms with Crippen molar-refractivity contribution in [3.8, 4) is 0 Å². The summed E-state index contributed by atoms with van der Waals surface area (Å²) in [5.74, 6) is 3.22. The molecule has 0 amide bonds. The molecule has 1 aliphatic rings. The van der Waals surface area contributed by atoms with Crippen molar-refractivity contribution in [2.24, 2.45) is 0 Å². The molecule has 0 atom stereocenters. The van der Waals surface area contributed by atoms with Crippen molar-refractivity contribution in [3.05, 3.63) is 12.4 Å². The maximum atomic E-state index is 4.37. The van der Waals surface area contributed by atoms with Gasteiger partial charge in [0.05, 0.1) is 0 Å². The van der Waals surface area contributed by atoms with Crippen molar-refractivity contribution < 1.29 is 0 Å². The van der Waals surface area contributed by atoms with Crippen LogP contribution in [0.3, 0.4) is 0 Å². The number of aromatic nitrogens is 2. The van der Waals surface area contributed by atoms with Crippen molar-refractivity contribution in [1.29, 1.82) is 0 Å². The van der Waals surface area contributed by atoms with Gasteiger partial charge in [-0.2, -0.15) is 11.8 Å². The average molecular weight is 252 g/mol. The van der Waals surface area contributed by atoms with Gasteiger partial charge in [0.1, 0.15) is 18.0 Å². The van der Waals surface area contributed by atoms with E-state index in [1.165, 1.54) is 12.8 Å². The number of thioether (sulfide) groups is 1. The first-order valence-corrected chi connectivity index (χ1v) is 7.47. The van der Waals surface area contributed by atoms with E-state index in [2.05, 4.69) is 39.1 Å². The maximum absolute atomic E-state index is 4.37. The molecule has 1 fully saturated rings. The molecule has 0 spiro atoms. The second kappa shape index (κ2) is 6.10. The predicted molar refractivity (Wildman–Crippen MR) is 75.1 cm³/mol. The van der Waals surface area contributed by atoms with Crippen molar-refractivity contribution in [1.82, 2.24) is 9.97 Å². The van der Waals surface area contributed by atoms with Crippen LogP contribution in [0.5, 0.6) is 0 Å². The van der Waals surface area contributed by atoms with E-state index in [1.54, 1.807) is 6.33 Å². The van der Waals surface area contributed by atoms with E-state index in [9.17, 15) is 0 Å². The minimum atomic E-state index is 1.02. The van der Waals surface area contributed by atoms with Gasteiger partial charge in [-0.3, -0.25) is 0 Å². The van der Waals surface area contributed by atoms with Crippen LogP contribution >= 0.6 is 11.8 Å². The molecular formula is C12H20N4S. The molecule has 0 N–H and O–H groups in total. The topological polar surface area (TPSA) is 32.3 Å². The smallest absolute Gasteiger partial charge is 0.134 e. The lowest BCUT2D eigenvalue weighted by molar-refractivity contribution is 0.900. The van der Waals surface area contributed by atoms with Gasteiger partial charge in [-0.15, -0.1) is 0 Å². The van der Waals surface area contributed by atoms with Gasteiger partial charge < -0.3 is 9.80 Å². The highest BCUT2D eigenvalue weighted by molar-refractivity contribution is 7.98. The van der Waals surface area contributed by atoms with Crippen molar-refractivity contribution in [2.45, 2.75) is 12.8 Å². The average Bonchev–Trinajstić information content (AvgIpc) is 2.90. The minimum Gasteiger partial charge on any atom is -0.359 e. The first kappa shape index (κ1) is 12.5. The molecule has 2 rings (SSSR count). The van der Waals surface area contributed by atoms with Crippen LogP contribution in [0.15, 0.2) is 12.4 Å². The minimum absolute atomic E-state index is 1.02. The molecule has 1 aliphatic heterocycles. The van der Waals surface area contributed by atoms with E-state index < -0.39 is 0 Å². The van der Waals surface area contributed by atoms with Crippen LogP contribution in [0.2, 0.25) is 0 Å². The van der Waals surface area contributed by atoms with Crippen molar-refractivity contribution in [2.75, 3.05) is 48.5 Å². The van der Waals surface area contributed by atoms with E-state index >= 15 is 0 Å². The number of nitrogens with zero attached hydrogens (tertiary/aromatic N) is 4. The molecule has 4 nitrogen and oxygen atoms in total. The van der Waals surface area contributed by atoms with Crippen LogP contribution in [0, 0.1) is 0 Å². The van der Waals surface area contributed by atoms with Crippen molar-refractivity contribution >= 4 is 23.4 Å². The first-order valence-electron chi connectivity index (χ1n) is 6.08. The molecule has 0 aromatic carbocycles. The van der Waals surface area contributed by atoms with Gasteiger partial charge in [-0.05, 0) is 19.1 Å². The summed E-state index contributed by atoms with van der Waals surface area (Å²) in [6.07, 6.45) is 6.37. The Hall–Kier alpha value is -0.970. The Labute approximate surface area is 107 Å². The molecular weight excluding hydrogens is 232 g/mol. The Morgan fingerprint density at radius 1 is 1.35 bits per heavy atom. The summed E-state index contributed by atoms with van der Waals surface area (Å²) < 4.78 is 0. The van der Waals surface area contributed by atoms with Gasteiger partial charge in [0.25, 0.3) is 0 Å². The second-order valence-electron chi connectivity index (χ2n) is 4.34. The Morgan fingerprint density at radius 2 is 2.12 bits per heavy atom. The zero-order valence-electron chi connectivity index (χ0n) is 10.6. The molecule has 94 valence electrons. The first-order chi connectivity index (χ1) is 8.31. The summed E-state index contributed by atoms with van der Waals surface area (Å²) in [5.41, 5.74) is 0. The van der Waals surface area contributed by atoms with Gasteiger partial charge in [0.2, 0.25) is 0 Å². The van der Waals surface area contributed by atoms with Crippen LogP contribution in [0.1, 0.15) is 12.8 Å². The Balaban J connectivity index is 2.05. The third-order valence-electron chi connectivity index (χ3n) is 3.09. The lowest BCUT2D eigenvalue weighted by atomic mass is 10.4. The fraction of sp³-hybridized carbons (Fsp3) is 0.667. The van der Waals surface area contributed by atoms with E-state index in [-0.39, 0.29) is 0 Å². The molecule has 0 radical (unpaired) electrons. The third kappa shape index (κ3) is 3.25. The molecule has 1 aromatic rings. The summed E-state index contributed by atoms with van der Waals surface area (Å²) in [7, 11) is 2.09. The maximum Gasteiger partial charge on any atom is 0.134 e. The monoisotopic (exact) mass is 252 g/mol.